The normalized spacial score (nSPS) is 12.0. The number of para-hydroxylation sites is 1. The molecule has 1 aromatic heterocycles. The molecule has 0 aliphatic rings. The minimum absolute atomic E-state index is 0.186. The molecule has 4 heteroatoms. The van der Waals surface area contributed by atoms with E-state index >= 15 is 0 Å². The summed E-state index contributed by atoms with van der Waals surface area (Å²) in [5.74, 6) is 0. The second-order valence-electron chi connectivity index (χ2n) is 3.92. The summed E-state index contributed by atoms with van der Waals surface area (Å²) in [6.07, 6.45) is -1.92. The molecule has 0 saturated carbocycles. The Bertz CT molecular complexity index is 532. The van der Waals surface area contributed by atoms with Gasteiger partial charge in [0.2, 0.25) is 0 Å². The highest BCUT2D eigenvalue weighted by Crippen LogP contribution is 2.37. The first kappa shape index (κ1) is 11.9. The molecule has 2 aromatic rings. The maximum absolute atomic E-state index is 13.1. The quantitative estimate of drug-likeness (QED) is 0.765. The number of nitrogens with zero attached hydrogens (tertiary/aromatic N) is 1. The summed E-state index contributed by atoms with van der Waals surface area (Å²) >= 11 is 0. The maximum Gasteiger partial charge on any atom is 0.417 e. The number of fused-ring (bicyclic) bond motifs is 1. The van der Waals surface area contributed by atoms with Crippen LogP contribution in [0.4, 0.5) is 13.2 Å². The third-order valence-corrected chi connectivity index (χ3v) is 2.66. The van der Waals surface area contributed by atoms with Crippen LogP contribution in [0.2, 0.25) is 0 Å². The van der Waals surface area contributed by atoms with E-state index in [0.717, 1.165) is 0 Å². The van der Waals surface area contributed by atoms with Crippen LogP contribution in [0.5, 0.6) is 0 Å². The molecule has 0 N–H and O–H groups in total. The SMILES string of the molecule is CCCc1cnc2ccccc2c1C(F)(F)F. The summed E-state index contributed by atoms with van der Waals surface area (Å²) in [6, 6.07) is 6.37. The van der Waals surface area contributed by atoms with Gasteiger partial charge in [-0.15, -0.1) is 0 Å². The largest absolute Gasteiger partial charge is 0.417 e. The van der Waals surface area contributed by atoms with E-state index in [-0.39, 0.29) is 10.9 Å². The van der Waals surface area contributed by atoms with E-state index in [0.29, 0.717) is 18.4 Å². The lowest BCUT2D eigenvalue weighted by Gasteiger charge is -2.14. The molecule has 0 saturated heterocycles. The highest BCUT2D eigenvalue weighted by atomic mass is 19.4. The zero-order chi connectivity index (χ0) is 12.5. The van der Waals surface area contributed by atoms with Crippen LogP contribution in [0.25, 0.3) is 10.9 Å². The number of pyridine rings is 1. The van der Waals surface area contributed by atoms with Gasteiger partial charge in [-0.1, -0.05) is 31.5 Å². The Morgan fingerprint density at radius 1 is 1.18 bits per heavy atom. The third kappa shape index (κ3) is 2.25. The van der Waals surface area contributed by atoms with Crippen LogP contribution in [-0.2, 0) is 12.6 Å². The molecule has 1 nitrogen and oxygen atoms in total. The average Bonchev–Trinajstić information content (AvgIpc) is 2.27. The highest BCUT2D eigenvalue weighted by Gasteiger charge is 2.35. The molecule has 0 aliphatic carbocycles. The van der Waals surface area contributed by atoms with Crippen molar-refractivity contribution in [2.75, 3.05) is 0 Å². The van der Waals surface area contributed by atoms with Crippen molar-refractivity contribution in [3.8, 4) is 0 Å². The number of rotatable bonds is 2. The first-order valence-corrected chi connectivity index (χ1v) is 5.48. The average molecular weight is 239 g/mol. The van der Waals surface area contributed by atoms with E-state index in [2.05, 4.69) is 4.98 Å². The van der Waals surface area contributed by atoms with Crippen molar-refractivity contribution >= 4 is 10.9 Å². The topological polar surface area (TPSA) is 12.9 Å². The van der Waals surface area contributed by atoms with E-state index in [4.69, 9.17) is 0 Å². The first-order valence-electron chi connectivity index (χ1n) is 5.48. The maximum atomic E-state index is 13.1. The number of hydrogen-bond acceptors (Lipinski definition) is 1. The molecule has 0 amide bonds. The third-order valence-electron chi connectivity index (χ3n) is 2.66. The van der Waals surface area contributed by atoms with Gasteiger partial charge in [0, 0.05) is 11.6 Å². The summed E-state index contributed by atoms with van der Waals surface area (Å²) in [6.45, 7) is 1.86. The van der Waals surface area contributed by atoms with Crippen molar-refractivity contribution in [2.45, 2.75) is 25.9 Å². The molecular formula is C13H12F3N. The molecule has 1 heterocycles. The molecule has 0 fully saturated rings. The molecule has 0 bridgehead atoms. The molecule has 2 rings (SSSR count). The van der Waals surface area contributed by atoms with Gasteiger partial charge >= 0.3 is 6.18 Å². The second-order valence-corrected chi connectivity index (χ2v) is 3.92. The van der Waals surface area contributed by atoms with Gasteiger partial charge < -0.3 is 0 Å². The van der Waals surface area contributed by atoms with E-state index < -0.39 is 11.7 Å². The standard InChI is InChI=1S/C13H12F3N/c1-2-5-9-8-17-11-7-4-3-6-10(11)12(9)13(14,15)16/h3-4,6-8H,2,5H2,1H3. The van der Waals surface area contributed by atoms with Crippen LogP contribution >= 0.6 is 0 Å². The lowest BCUT2D eigenvalue weighted by Crippen LogP contribution is -2.10. The molecule has 1 aromatic carbocycles. The van der Waals surface area contributed by atoms with Crippen LogP contribution in [0.1, 0.15) is 24.5 Å². The van der Waals surface area contributed by atoms with Crippen LogP contribution in [0.3, 0.4) is 0 Å². The highest BCUT2D eigenvalue weighted by molar-refractivity contribution is 5.83. The lowest BCUT2D eigenvalue weighted by molar-refractivity contribution is -0.136. The fourth-order valence-corrected chi connectivity index (χ4v) is 1.98. The molecular weight excluding hydrogens is 227 g/mol. The Kier molecular flexibility index (Phi) is 3.05. The summed E-state index contributed by atoms with van der Waals surface area (Å²) in [7, 11) is 0. The van der Waals surface area contributed by atoms with Crippen molar-refractivity contribution in [3.63, 3.8) is 0 Å². The van der Waals surface area contributed by atoms with Gasteiger partial charge in [0.15, 0.2) is 0 Å². The van der Waals surface area contributed by atoms with Crippen LogP contribution in [0, 0.1) is 0 Å². The van der Waals surface area contributed by atoms with Crippen LogP contribution < -0.4 is 0 Å². The Morgan fingerprint density at radius 3 is 2.53 bits per heavy atom. The number of halogens is 3. The summed E-state index contributed by atoms with van der Waals surface area (Å²) in [5.41, 5.74) is 0.128. The zero-order valence-corrected chi connectivity index (χ0v) is 9.38. The van der Waals surface area contributed by atoms with Crippen molar-refractivity contribution < 1.29 is 13.2 Å². The van der Waals surface area contributed by atoms with Crippen molar-refractivity contribution in [3.05, 3.63) is 41.6 Å². The lowest BCUT2D eigenvalue weighted by atomic mass is 10.00. The van der Waals surface area contributed by atoms with E-state index in [9.17, 15) is 13.2 Å². The Labute approximate surface area is 97.3 Å². The molecule has 0 unspecified atom stereocenters. The van der Waals surface area contributed by atoms with Gasteiger partial charge in [0.25, 0.3) is 0 Å². The predicted molar refractivity (Wildman–Crippen MR) is 60.7 cm³/mol. The number of alkyl halides is 3. The van der Waals surface area contributed by atoms with Gasteiger partial charge in [-0.2, -0.15) is 13.2 Å². The molecule has 90 valence electrons. The smallest absolute Gasteiger partial charge is 0.256 e. The number of hydrogen-bond donors (Lipinski definition) is 0. The van der Waals surface area contributed by atoms with Crippen molar-refractivity contribution in [1.29, 1.82) is 0 Å². The van der Waals surface area contributed by atoms with Crippen molar-refractivity contribution in [1.82, 2.24) is 4.98 Å². The van der Waals surface area contributed by atoms with Crippen molar-refractivity contribution in [2.24, 2.45) is 0 Å². The summed E-state index contributed by atoms with van der Waals surface area (Å²) in [4.78, 5) is 4.07. The molecule has 0 atom stereocenters. The fraction of sp³-hybridized carbons (Fsp3) is 0.308. The van der Waals surface area contributed by atoms with Crippen LogP contribution in [-0.4, -0.2) is 4.98 Å². The van der Waals surface area contributed by atoms with E-state index in [1.165, 1.54) is 12.3 Å². The first-order chi connectivity index (χ1) is 8.04. The number of aryl methyl sites for hydroxylation is 1. The summed E-state index contributed by atoms with van der Waals surface area (Å²) < 4.78 is 39.2. The summed E-state index contributed by atoms with van der Waals surface area (Å²) in [5, 5.41) is 0.186. The molecule has 0 radical (unpaired) electrons. The monoisotopic (exact) mass is 239 g/mol. The number of benzene rings is 1. The zero-order valence-electron chi connectivity index (χ0n) is 9.38. The second kappa shape index (κ2) is 4.35. The molecule has 0 spiro atoms. The van der Waals surface area contributed by atoms with Gasteiger partial charge in [-0.05, 0) is 18.1 Å². The fourth-order valence-electron chi connectivity index (χ4n) is 1.98. The van der Waals surface area contributed by atoms with E-state index in [1.54, 1.807) is 18.2 Å². The molecule has 0 aliphatic heterocycles. The van der Waals surface area contributed by atoms with Gasteiger partial charge in [0.1, 0.15) is 0 Å². The minimum atomic E-state index is -4.33. The molecule has 17 heavy (non-hydrogen) atoms. The minimum Gasteiger partial charge on any atom is -0.256 e. The Hall–Kier alpha value is -1.58. The Balaban J connectivity index is 2.75. The predicted octanol–water partition coefficient (Wildman–Crippen LogP) is 4.21. The van der Waals surface area contributed by atoms with Crippen LogP contribution in [0.15, 0.2) is 30.5 Å². The van der Waals surface area contributed by atoms with Gasteiger partial charge in [-0.3, -0.25) is 4.98 Å². The number of aromatic nitrogens is 1. The van der Waals surface area contributed by atoms with Gasteiger partial charge in [0.05, 0.1) is 11.1 Å². The Morgan fingerprint density at radius 2 is 1.88 bits per heavy atom. The van der Waals surface area contributed by atoms with Gasteiger partial charge in [-0.25, -0.2) is 0 Å². The van der Waals surface area contributed by atoms with E-state index in [1.807, 2.05) is 6.92 Å².